The van der Waals surface area contributed by atoms with E-state index in [9.17, 15) is 10.0 Å². The van der Waals surface area contributed by atoms with E-state index in [1.807, 2.05) is 12.1 Å². The Morgan fingerprint density at radius 2 is 0.889 bits per heavy atom. The van der Waals surface area contributed by atoms with Gasteiger partial charge >= 0.3 is 7.12 Å². The summed E-state index contributed by atoms with van der Waals surface area (Å²) in [5, 5.41) is 26.1. The summed E-state index contributed by atoms with van der Waals surface area (Å²) in [4.78, 5) is 0. The lowest BCUT2D eigenvalue weighted by molar-refractivity contribution is 0.426. The molecule has 0 atom stereocenters. The summed E-state index contributed by atoms with van der Waals surface area (Å²) < 4.78 is 0. The standard InChI is InChI=1S/C24H17BO2/c26-25(27)18-12-9-16(10-13-18)17-11-14-23-21-7-2-1-5-19(21)20-6-3-4-8-22(20)24(23)15-17/h1-15,26-27H. The van der Waals surface area contributed by atoms with Crippen molar-refractivity contribution in [1.82, 2.24) is 0 Å². The van der Waals surface area contributed by atoms with Gasteiger partial charge in [-0.3, -0.25) is 0 Å². The third-order valence-corrected chi connectivity index (χ3v) is 5.29. The van der Waals surface area contributed by atoms with Gasteiger partial charge in [0.15, 0.2) is 0 Å². The van der Waals surface area contributed by atoms with Gasteiger partial charge in [-0.05, 0) is 55.0 Å². The van der Waals surface area contributed by atoms with Gasteiger partial charge in [-0.15, -0.1) is 0 Å². The van der Waals surface area contributed by atoms with Gasteiger partial charge in [0, 0.05) is 0 Å². The molecule has 0 radical (unpaired) electrons. The lowest BCUT2D eigenvalue weighted by Crippen LogP contribution is -2.29. The zero-order valence-electron chi connectivity index (χ0n) is 14.6. The summed E-state index contributed by atoms with van der Waals surface area (Å²) in [5.41, 5.74) is 2.66. The van der Waals surface area contributed by atoms with E-state index < -0.39 is 7.12 Å². The predicted octanol–water partition coefficient (Wildman–Crippen LogP) is 4.49. The second-order valence-corrected chi connectivity index (χ2v) is 6.85. The van der Waals surface area contributed by atoms with Crippen LogP contribution in [0.25, 0.3) is 43.4 Å². The van der Waals surface area contributed by atoms with Gasteiger partial charge in [-0.25, -0.2) is 0 Å². The zero-order valence-corrected chi connectivity index (χ0v) is 14.6. The summed E-state index contributed by atoms with van der Waals surface area (Å²) in [6, 6.07) is 31.0. The fourth-order valence-electron chi connectivity index (χ4n) is 3.93. The third kappa shape index (κ3) is 2.60. The number of rotatable bonds is 2. The summed E-state index contributed by atoms with van der Waals surface area (Å²) in [7, 11) is -1.44. The fourth-order valence-corrected chi connectivity index (χ4v) is 3.93. The Hall–Kier alpha value is -3.14. The van der Waals surface area contributed by atoms with Crippen molar-refractivity contribution in [3.05, 3.63) is 91.0 Å². The molecule has 128 valence electrons. The van der Waals surface area contributed by atoms with Crippen molar-refractivity contribution in [1.29, 1.82) is 0 Å². The first-order valence-electron chi connectivity index (χ1n) is 9.02. The number of hydrogen-bond acceptors (Lipinski definition) is 2. The summed E-state index contributed by atoms with van der Waals surface area (Å²) in [6.07, 6.45) is 0. The maximum absolute atomic E-state index is 9.30. The monoisotopic (exact) mass is 348 g/mol. The molecular formula is C24H17BO2. The Kier molecular flexibility index (Phi) is 3.71. The topological polar surface area (TPSA) is 40.5 Å². The summed E-state index contributed by atoms with van der Waals surface area (Å²) in [6.45, 7) is 0. The summed E-state index contributed by atoms with van der Waals surface area (Å²) >= 11 is 0. The van der Waals surface area contributed by atoms with E-state index in [4.69, 9.17) is 0 Å². The molecule has 0 fully saturated rings. The highest BCUT2D eigenvalue weighted by molar-refractivity contribution is 6.58. The fraction of sp³-hybridized carbons (Fsp3) is 0. The minimum atomic E-state index is -1.44. The molecule has 0 aliphatic rings. The molecular weight excluding hydrogens is 331 g/mol. The molecule has 2 nitrogen and oxygen atoms in total. The van der Waals surface area contributed by atoms with Gasteiger partial charge in [0.25, 0.3) is 0 Å². The van der Waals surface area contributed by atoms with Crippen molar-refractivity contribution in [2.45, 2.75) is 0 Å². The van der Waals surface area contributed by atoms with Crippen LogP contribution in [0.2, 0.25) is 0 Å². The molecule has 5 rings (SSSR count). The molecule has 3 heteroatoms. The van der Waals surface area contributed by atoms with Crippen molar-refractivity contribution in [3.63, 3.8) is 0 Å². The van der Waals surface area contributed by atoms with E-state index in [0.29, 0.717) is 5.46 Å². The van der Waals surface area contributed by atoms with Crippen LogP contribution in [0, 0.1) is 0 Å². The van der Waals surface area contributed by atoms with Crippen LogP contribution in [-0.2, 0) is 0 Å². The van der Waals surface area contributed by atoms with Crippen molar-refractivity contribution in [2.24, 2.45) is 0 Å². The van der Waals surface area contributed by atoms with Gasteiger partial charge in [-0.1, -0.05) is 84.9 Å². The van der Waals surface area contributed by atoms with Crippen LogP contribution in [0.1, 0.15) is 0 Å². The maximum Gasteiger partial charge on any atom is 0.488 e. The molecule has 0 saturated carbocycles. The van der Waals surface area contributed by atoms with Gasteiger partial charge in [0.1, 0.15) is 0 Å². The van der Waals surface area contributed by atoms with E-state index in [0.717, 1.165) is 11.1 Å². The molecule has 5 aromatic carbocycles. The van der Waals surface area contributed by atoms with Crippen molar-refractivity contribution in [3.8, 4) is 11.1 Å². The lowest BCUT2D eigenvalue weighted by atomic mass is 9.80. The molecule has 0 heterocycles. The SMILES string of the molecule is OB(O)c1ccc(-c2ccc3c4ccccc4c4ccccc4c3c2)cc1. The van der Waals surface area contributed by atoms with Crippen molar-refractivity contribution < 1.29 is 10.0 Å². The molecule has 0 unspecified atom stereocenters. The van der Waals surface area contributed by atoms with Crippen LogP contribution in [-0.4, -0.2) is 17.2 Å². The molecule has 0 amide bonds. The number of benzene rings is 5. The van der Waals surface area contributed by atoms with E-state index in [1.165, 1.54) is 32.3 Å². The van der Waals surface area contributed by atoms with Crippen LogP contribution >= 0.6 is 0 Å². The quantitative estimate of drug-likeness (QED) is 0.364. The van der Waals surface area contributed by atoms with E-state index in [1.54, 1.807) is 12.1 Å². The van der Waals surface area contributed by atoms with E-state index in [2.05, 4.69) is 66.7 Å². The van der Waals surface area contributed by atoms with Gasteiger partial charge in [-0.2, -0.15) is 0 Å². The highest BCUT2D eigenvalue weighted by Crippen LogP contribution is 2.36. The first kappa shape index (κ1) is 16.1. The van der Waals surface area contributed by atoms with Gasteiger partial charge in [0.05, 0.1) is 0 Å². The molecule has 0 bridgehead atoms. The van der Waals surface area contributed by atoms with Crippen LogP contribution in [0.3, 0.4) is 0 Å². The maximum atomic E-state index is 9.30. The van der Waals surface area contributed by atoms with Gasteiger partial charge < -0.3 is 10.0 Å². The minimum Gasteiger partial charge on any atom is -0.423 e. The Bertz CT molecular complexity index is 1260. The lowest BCUT2D eigenvalue weighted by Gasteiger charge is -2.12. The molecule has 5 aromatic rings. The average molecular weight is 348 g/mol. The molecule has 0 saturated heterocycles. The Balaban J connectivity index is 1.81. The van der Waals surface area contributed by atoms with Crippen molar-refractivity contribution in [2.75, 3.05) is 0 Å². The van der Waals surface area contributed by atoms with Crippen LogP contribution in [0.15, 0.2) is 91.0 Å². The average Bonchev–Trinajstić information content (AvgIpc) is 2.73. The Morgan fingerprint density at radius 1 is 0.444 bits per heavy atom. The first-order valence-corrected chi connectivity index (χ1v) is 9.02. The largest absolute Gasteiger partial charge is 0.488 e. The number of hydrogen-bond donors (Lipinski definition) is 2. The minimum absolute atomic E-state index is 0.496. The summed E-state index contributed by atoms with van der Waals surface area (Å²) in [5.74, 6) is 0. The molecule has 2 N–H and O–H groups in total. The van der Waals surface area contributed by atoms with Gasteiger partial charge in [0.2, 0.25) is 0 Å². The van der Waals surface area contributed by atoms with Crippen molar-refractivity contribution >= 4 is 44.9 Å². The predicted molar refractivity (Wildman–Crippen MR) is 114 cm³/mol. The normalized spacial score (nSPS) is 11.3. The third-order valence-electron chi connectivity index (χ3n) is 5.29. The molecule has 0 aliphatic heterocycles. The molecule has 0 spiro atoms. The highest BCUT2D eigenvalue weighted by atomic mass is 16.4. The molecule has 0 aliphatic carbocycles. The highest BCUT2D eigenvalue weighted by Gasteiger charge is 2.12. The van der Waals surface area contributed by atoms with Crippen LogP contribution in [0.5, 0.6) is 0 Å². The van der Waals surface area contributed by atoms with E-state index >= 15 is 0 Å². The number of fused-ring (bicyclic) bond motifs is 6. The smallest absolute Gasteiger partial charge is 0.423 e. The van der Waals surface area contributed by atoms with Crippen LogP contribution in [0.4, 0.5) is 0 Å². The first-order chi connectivity index (χ1) is 13.2. The van der Waals surface area contributed by atoms with E-state index in [-0.39, 0.29) is 0 Å². The second kappa shape index (κ2) is 6.24. The molecule has 27 heavy (non-hydrogen) atoms. The Morgan fingerprint density at radius 3 is 1.41 bits per heavy atom. The second-order valence-electron chi connectivity index (χ2n) is 6.85. The Labute approximate surface area is 157 Å². The molecule has 0 aromatic heterocycles. The zero-order chi connectivity index (χ0) is 18.4. The van der Waals surface area contributed by atoms with Crippen LogP contribution < -0.4 is 5.46 Å².